The number of methoxy groups -OCH3 is 1. The largest absolute Gasteiger partial charge is 0.481 e. The minimum Gasteiger partial charge on any atom is -0.481 e. The minimum absolute atomic E-state index is 0.132. The van der Waals surface area contributed by atoms with Crippen LogP contribution in [0.5, 0.6) is 0 Å². The molecule has 0 heterocycles. The lowest BCUT2D eigenvalue weighted by atomic mass is 10.2. The number of esters is 1. The Morgan fingerprint density at radius 1 is 1.17 bits per heavy atom. The maximum absolute atomic E-state index is 12.1. The van der Waals surface area contributed by atoms with E-state index < -0.39 is 46.8 Å². The number of hydrogen-bond donors (Lipinski definition) is 3. The van der Waals surface area contributed by atoms with Crippen molar-refractivity contribution in [3.63, 3.8) is 0 Å². The van der Waals surface area contributed by atoms with E-state index in [0.29, 0.717) is 0 Å². The van der Waals surface area contributed by atoms with E-state index in [1.54, 1.807) is 0 Å². The fourth-order valence-electron chi connectivity index (χ4n) is 1.64. The monoisotopic (exact) mass is 345 g/mol. The summed E-state index contributed by atoms with van der Waals surface area (Å²) in [5.41, 5.74) is 0.132. The van der Waals surface area contributed by atoms with Gasteiger partial charge in [0.2, 0.25) is 10.0 Å². The van der Waals surface area contributed by atoms with Crippen LogP contribution in [0.15, 0.2) is 29.2 Å². The van der Waals surface area contributed by atoms with E-state index in [9.17, 15) is 22.8 Å². The summed E-state index contributed by atoms with van der Waals surface area (Å²) < 4.78 is 30.6. The Balaban J connectivity index is 2.94. The van der Waals surface area contributed by atoms with Crippen molar-refractivity contribution >= 4 is 27.9 Å². The van der Waals surface area contributed by atoms with Crippen molar-refractivity contribution < 1.29 is 37.8 Å². The molecule has 0 bridgehead atoms. The number of sulfonamides is 1. The second-order valence-electron chi connectivity index (χ2n) is 4.46. The summed E-state index contributed by atoms with van der Waals surface area (Å²) in [5, 5.41) is 17.5. The predicted molar refractivity (Wildman–Crippen MR) is 76.4 cm³/mol. The van der Waals surface area contributed by atoms with Gasteiger partial charge < -0.3 is 14.9 Å². The van der Waals surface area contributed by atoms with Gasteiger partial charge in [0.25, 0.3) is 0 Å². The van der Waals surface area contributed by atoms with Gasteiger partial charge in [-0.1, -0.05) is 0 Å². The summed E-state index contributed by atoms with van der Waals surface area (Å²) in [7, 11) is -3.00. The van der Waals surface area contributed by atoms with Crippen molar-refractivity contribution in [2.45, 2.75) is 23.8 Å². The molecule has 3 N–H and O–H groups in total. The summed E-state index contributed by atoms with van der Waals surface area (Å²) in [6.45, 7) is 0. The molecule has 0 saturated heterocycles. The van der Waals surface area contributed by atoms with E-state index in [4.69, 9.17) is 10.2 Å². The van der Waals surface area contributed by atoms with Gasteiger partial charge in [-0.3, -0.25) is 9.59 Å². The number of carbonyl (C=O) groups excluding carboxylic acids is 1. The van der Waals surface area contributed by atoms with Crippen LogP contribution < -0.4 is 4.72 Å². The Kier molecular flexibility index (Phi) is 6.22. The molecule has 0 aliphatic heterocycles. The highest BCUT2D eigenvalue weighted by molar-refractivity contribution is 7.89. The molecule has 0 aliphatic carbocycles. The first-order valence-corrected chi connectivity index (χ1v) is 7.81. The first-order chi connectivity index (χ1) is 10.7. The first-order valence-electron chi connectivity index (χ1n) is 6.32. The number of nitrogens with one attached hydrogen (secondary N) is 1. The number of carbonyl (C=O) groups is 3. The summed E-state index contributed by atoms with van der Waals surface area (Å²) in [6, 6.07) is 3.09. The normalized spacial score (nSPS) is 12.4. The molecule has 126 valence electrons. The van der Waals surface area contributed by atoms with Gasteiger partial charge in [0.05, 0.1) is 17.6 Å². The molecular weight excluding hydrogens is 330 g/mol. The minimum atomic E-state index is -4.18. The topological polar surface area (TPSA) is 147 Å². The van der Waals surface area contributed by atoms with Crippen LogP contribution in [0.4, 0.5) is 0 Å². The molecule has 0 unspecified atom stereocenters. The molecule has 10 heteroatoms. The Hall–Kier alpha value is -2.46. The Morgan fingerprint density at radius 3 is 2.17 bits per heavy atom. The van der Waals surface area contributed by atoms with Gasteiger partial charge in [-0.2, -0.15) is 4.72 Å². The molecule has 0 radical (unpaired) electrons. The maximum atomic E-state index is 12.1. The molecule has 9 nitrogen and oxygen atoms in total. The van der Waals surface area contributed by atoms with E-state index in [2.05, 4.69) is 4.74 Å². The molecule has 0 amide bonds. The van der Waals surface area contributed by atoms with E-state index in [1.807, 2.05) is 4.72 Å². The van der Waals surface area contributed by atoms with Crippen molar-refractivity contribution in [2.24, 2.45) is 0 Å². The number of carboxylic acids is 2. The third-order valence-corrected chi connectivity index (χ3v) is 4.32. The number of rotatable bonds is 8. The smallest absolute Gasteiger partial charge is 0.337 e. The highest BCUT2D eigenvalue weighted by Gasteiger charge is 2.26. The highest BCUT2D eigenvalue weighted by Crippen LogP contribution is 2.13. The van der Waals surface area contributed by atoms with Crippen LogP contribution in [-0.2, 0) is 24.3 Å². The molecule has 1 atom stereocenters. The number of hydrogen-bond acceptors (Lipinski definition) is 6. The molecule has 0 aromatic heterocycles. The number of benzene rings is 1. The molecule has 1 aromatic rings. The molecular formula is C13H15NO8S. The van der Waals surface area contributed by atoms with Crippen molar-refractivity contribution in [1.82, 2.24) is 4.72 Å². The predicted octanol–water partition coefficient (Wildman–Crippen LogP) is 0.0695. The average Bonchev–Trinajstić information content (AvgIpc) is 2.50. The van der Waals surface area contributed by atoms with Crippen LogP contribution in [0.25, 0.3) is 0 Å². The van der Waals surface area contributed by atoms with Gasteiger partial charge in [-0.15, -0.1) is 0 Å². The van der Waals surface area contributed by atoms with Crippen LogP contribution in [0.2, 0.25) is 0 Å². The Labute approximate surface area is 131 Å². The summed E-state index contributed by atoms with van der Waals surface area (Å²) in [5.74, 6) is -3.37. The summed E-state index contributed by atoms with van der Waals surface area (Å²) >= 11 is 0. The Bertz CT molecular complexity index is 695. The summed E-state index contributed by atoms with van der Waals surface area (Å²) in [6.07, 6.45) is -0.898. The second kappa shape index (κ2) is 7.70. The average molecular weight is 345 g/mol. The zero-order valence-electron chi connectivity index (χ0n) is 12.1. The van der Waals surface area contributed by atoms with Crippen molar-refractivity contribution in [2.75, 3.05) is 7.11 Å². The highest BCUT2D eigenvalue weighted by atomic mass is 32.2. The van der Waals surface area contributed by atoms with Gasteiger partial charge in [0.15, 0.2) is 0 Å². The van der Waals surface area contributed by atoms with Crippen LogP contribution in [0, 0.1) is 0 Å². The second-order valence-corrected chi connectivity index (χ2v) is 6.17. The van der Waals surface area contributed by atoms with Gasteiger partial charge in [-0.05, 0) is 30.7 Å². The van der Waals surface area contributed by atoms with Crippen LogP contribution in [0.3, 0.4) is 0 Å². The first kappa shape index (κ1) is 18.6. The van der Waals surface area contributed by atoms with E-state index >= 15 is 0 Å². The molecule has 0 saturated carbocycles. The lowest BCUT2D eigenvalue weighted by Crippen LogP contribution is -2.41. The molecule has 1 rings (SSSR count). The summed E-state index contributed by atoms with van der Waals surface area (Å²) in [4.78, 5) is 32.5. The van der Waals surface area contributed by atoms with Crippen LogP contribution in [-0.4, -0.2) is 49.7 Å². The van der Waals surface area contributed by atoms with E-state index in [0.717, 1.165) is 12.1 Å². The van der Waals surface area contributed by atoms with Crippen molar-refractivity contribution in [1.29, 1.82) is 0 Å². The lowest BCUT2D eigenvalue weighted by molar-refractivity contribution is -0.140. The van der Waals surface area contributed by atoms with E-state index in [-0.39, 0.29) is 10.5 Å². The van der Waals surface area contributed by atoms with Crippen molar-refractivity contribution in [3.05, 3.63) is 29.8 Å². The number of carboxylic acid groups (broad SMARTS) is 2. The van der Waals surface area contributed by atoms with Crippen LogP contribution >= 0.6 is 0 Å². The van der Waals surface area contributed by atoms with Crippen molar-refractivity contribution in [3.8, 4) is 0 Å². The molecule has 23 heavy (non-hydrogen) atoms. The molecule has 0 fully saturated rings. The van der Waals surface area contributed by atoms with Gasteiger partial charge in [0, 0.05) is 6.42 Å². The SMILES string of the molecule is COC(=O)c1ccc(S(=O)(=O)N[C@@H](CCC(=O)O)C(=O)O)cc1. The molecule has 1 aromatic carbocycles. The van der Waals surface area contributed by atoms with Crippen LogP contribution in [0.1, 0.15) is 23.2 Å². The van der Waals surface area contributed by atoms with Gasteiger partial charge >= 0.3 is 17.9 Å². The number of aliphatic carboxylic acids is 2. The maximum Gasteiger partial charge on any atom is 0.337 e. The Morgan fingerprint density at radius 2 is 1.74 bits per heavy atom. The standard InChI is InChI=1S/C13H15NO8S/c1-22-13(19)8-2-4-9(5-3-8)23(20,21)14-10(12(17)18)6-7-11(15)16/h2-5,10,14H,6-7H2,1H3,(H,15,16)(H,17,18)/t10-/m0/s1. The van der Waals surface area contributed by atoms with Gasteiger partial charge in [0.1, 0.15) is 6.04 Å². The third-order valence-electron chi connectivity index (χ3n) is 2.83. The third kappa shape index (κ3) is 5.34. The quantitative estimate of drug-likeness (QED) is 0.561. The van der Waals surface area contributed by atoms with Gasteiger partial charge in [-0.25, -0.2) is 13.2 Å². The van der Waals surface area contributed by atoms with E-state index in [1.165, 1.54) is 19.2 Å². The zero-order valence-corrected chi connectivity index (χ0v) is 12.9. The number of ether oxygens (including phenoxy) is 1. The molecule has 0 aliphatic rings. The lowest BCUT2D eigenvalue weighted by Gasteiger charge is -2.14. The molecule has 0 spiro atoms. The zero-order chi connectivity index (χ0) is 17.6. The fourth-order valence-corrected chi connectivity index (χ4v) is 2.87. The fraction of sp³-hybridized carbons (Fsp3) is 0.308.